The minimum Gasteiger partial charge on any atom is -0.0623 e. The monoisotopic (exact) mass is 248 g/mol. The van der Waals surface area contributed by atoms with Gasteiger partial charge in [0.1, 0.15) is 0 Å². The predicted molar refractivity (Wildman–Crippen MR) is 84.0 cm³/mol. The van der Waals surface area contributed by atoms with Crippen LogP contribution in [0, 0.1) is 17.3 Å². The van der Waals surface area contributed by atoms with Gasteiger partial charge in [-0.3, -0.25) is 0 Å². The van der Waals surface area contributed by atoms with E-state index in [1.165, 1.54) is 5.56 Å². The first-order valence-electron chi connectivity index (χ1n) is 7.24. The Morgan fingerprint density at radius 2 is 1.11 bits per heavy atom. The summed E-state index contributed by atoms with van der Waals surface area (Å²) in [6, 6.07) is 10.5. The Kier molecular flexibility index (Phi) is 7.28. The first-order valence-corrected chi connectivity index (χ1v) is 7.24. The molecule has 1 rings (SSSR count). The second-order valence-electron chi connectivity index (χ2n) is 6.70. The molecule has 0 N–H and O–H groups in total. The second-order valence-corrected chi connectivity index (χ2v) is 6.70. The molecule has 0 unspecified atom stereocenters. The molecular weight excluding hydrogens is 216 g/mol. The van der Waals surface area contributed by atoms with Crippen molar-refractivity contribution >= 4 is 0 Å². The lowest BCUT2D eigenvalue weighted by atomic mass is 9.72. The molecule has 18 heavy (non-hydrogen) atoms. The standard InChI is InChI=1S/C9H12.C9H20/c1-8(2)9-6-4-3-5-7-9;1-7(2)9(5,6)8(3)4/h3-8H,1-2H3;7-8H,1-6H3. The third kappa shape index (κ3) is 5.71. The van der Waals surface area contributed by atoms with Crippen molar-refractivity contribution in [2.45, 2.75) is 61.3 Å². The van der Waals surface area contributed by atoms with Gasteiger partial charge in [-0.25, -0.2) is 0 Å². The molecule has 0 spiro atoms. The second kappa shape index (κ2) is 7.61. The third-order valence-corrected chi connectivity index (χ3v) is 4.44. The number of rotatable bonds is 3. The van der Waals surface area contributed by atoms with E-state index in [1.54, 1.807) is 0 Å². The van der Waals surface area contributed by atoms with E-state index in [-0.39, 0.29) is 0 Å². The maximum Gasteiger partial charge on any atom is -0.0219 e. The molecule has 0 atom stereocenters. The smallest absolute Gasteiger partial charge is 0.0219 e. The van der Waals surface area contributed by atoms with Crippen LogP contribution in [0.15, 0.2) is 30.3 Å². The highest BCUT2D eigenvalue weighted by Crippen LogP contribution is 2.33. The molecule has 104 valence electrons. The molecule has 1 aromatic carbocycles. The zero-order valence-corrected chi connectivity index (χ0v) is 13.6. The molecule has 0 nitrogen and oxygen atoms in total. The van der Waals surface area contributed by atoms with Gasteiger partial charge in [0.15, 0.2) is 0 Å². The van der Waals surface area contributed by atoms with E-state index in [9.17, 15) is 0 Å². The quantitative estimate of drug-likeness (QED) is 0.603. The molecule has 0 aliphatic carbocycles. The molecule has 0 saturated heterocycles. The van der Waals surface area contributed by atoms with Crippen LogP contribution in [0.25, 0.3) is 0 Å². The summed E-state index contributed by atoms with van der Waals surface area (Å²) in [7, 11) is 0. The molecule has 0 heterocycles. The van der Waals surface area contributed by atoms with Crippen molar-refractivity contribution in [2.24, 2.45) is 17.3 Å². The van der Waals surface area contributed by atoms with Crippen LogP contribution in [-0.4, -0.2) is 0 Å². The van der Waals surface area contributed by atoms with Crippen LogP contribution >= 0.6 is 0 Å². The van der Waals surface area contributed by atoms with Gasteiger partial charge in [0.25, 0.3) is 0 Å². The summed E-state index contributed by atoms with van der Waals surface area (Å²) in [6.45, 7) is 18.2. The summed E-state index contributed by atoms with van der Waals surface area (Å²) in [5, 5.41) is 0. The average molecular weight is 248 g/mol. The van der Waals surface area contributed by atoms with Gasteiger partial charge < -0.3 is 0 Å². The minimum absolute atomic E-state index is 0.500. The van der Waals surface area contributed by atoms with Crippen LogP contribution in [0.5, 0.6) is 0 Å². The summed E-state index contributed by atoms with van der Waals surface area (Å²) in [6.07, 6.45) is 0. The molecule has 0 bridgehead atoms. The first kappa shape index (κ1) is 17.2. The lowest BCUT2D eigenvalue weighted by molar-refractivity contribution is 0.165. The zero-order chi connectivity index (χ0) is 14.3. The third-order valence-electron chi connectivity index (χ3n) is 4.44. The van der Waals surface area contributed by atoms with E-state index < -0.39 is 0 Å². The Morgan fingerprint density at radius 1 is 0.722 bits per heavy atom. The molecule has 0 saturated carbocycles. The molecule has 0 aliphatic heterocycles. The Hall–Kier alpha value is -0.780. The predicted octanol–water partition coefficient (Wildman–Crippen LogP) is 6.13. The van der Waals surface area contributed by atoms with E-state index in [4.69, 9.17) is 0 Å². The van der Waals surface area contributed by atoms with Crippen molar-refractivity contribution in [3.63, 3.8) is 0 Å². The van der Waals surface area contributed by atoms with Gasteiger partial charge in [-0.15, -0.1) is 0 Å². The van der Waals surface area contributed by atoms with Crippen LogP contribution in [0.1, 0.15) is 66.9 Å². The van der Waals surface area contributed by atoms with Crippen LogP contribution in [0.2, 0.25) is 0 Å². The van der Waals surface area contributed by atoms with E-state index in [0.717, 1.165) is 11.8 Å². The van der Waals surface area contributed by atoms with Crippen LogP contribution in [0.4, 0.5) is 0 Å². The van der Waals surface area contributed by atoms with Crippen molar-refractivity contribution in [2.75, 3.05) is 0 Å². The first-order chi connectivity index (χ1) is 8.19. The maximum atomic E-state index is 2.34. The molecular formula is C18H32. The van der Waals surface area contributed by atoms with Gasteiger partial charge in [0, 0.05) is 0 Å². The van der Waals surface area contributed by atoms with Crippen LogP contribution in [0.3, 0.4) is 0 Å². The fourth-order valence-electron chi connectivity index (χ4n) is 1.50. The topological polar surface area (TPSA) is 0 Å². The minimum atomic E-state index is 0.500. The molecule has 0 aromatic heterocycles. The SMILES string of the molecule is CC(C)C(C)(C)C(C)C.CC(C)c1ccccc1. The Bertz CT molecular complexity index is 294. The molecule has 0 fully saturated rings. The van der Waals surface area contributed by atoms with Crippen molar-refractivity contribution in [1.82, 2.24) is 0 Å². The lowest BCUT2D eigenvalue weighted by Gasteiger charge is -2.33. The van der Waals surface area contributed by atoms with E-state index >= 15 is 0 Å². The maximum absolute atomic E-state index is 2.34. The summed E-state index contributed by atoms with van der Waals surface area (Å²) < 4.78 is 0. The van der Waals surface area contributed by atoms with Gasteiger partial charge in [-0.2, -0.15) is 0 Å². The Labute approximate surface area is 115 Å². The highest BCUT2D eigenvalue weighted by atomic mass is 14.3. The summed E-state index contributed by atoms with van der Waals surface area (Å²) >= 11 is 0. The normalized spacial score (nSPS) is 11.7. The Balaban J connectivity index is 0.000000321. The zero-order valence-electron chi connectivity index (χ0n) is 13.6. The molecule has 0 radical (unpaired) electrons. The average Bonchev–Trinajstić information content (AvgIpc) is 2.30. The molecule has 0 aliphatic rings. The van der Waals surface area contributed by atoms with Crippen molar-refractivity contribution in [3.8, 4) is 0 Å². The highest BCUT2D eigenvalue weighted by molar-refractivity contribution is 5.17. The summed E-state index contributed by atoms with van der Waals surface area (Å²) in [4.78, 5) is 0. The van der Waals surface area contributed by atoms with Crippen LogP contribution in [-0.2, 0) is 0 Å². The lowest BCUT2D eigenvalue weighted by Crippen LogP contribution is -2.25. The van der Waals surface area contributed by atoms with Gasteiger partial charge in [0.05, 0.1) is 0 Å². The van der Waals surface area contributed by atoms with E-state index in [2.05, 4.69) is 79.7 Å². The van der Waals surface area contributed by atoms with Gasteiger partial charge in [0.2, 0.25) is 0 Å². The van der Waals surface area contributed by atoms with Crippen LogP contribution < -0.4 is 0 Å². The number of benzene rings is 1. The fourth-order valence-corrected chi connectivity index (χ4v) is 1.50. The van der Waals surface area contributed by atoms with Crippen molar-refractivity contribution in [1.29, 1.82) is 0 Å². The molecule has 0 heteroatoms. The molecule has 1 aromatic rings. The van der Waals surface area contributed by atoms with E-state index in [0.29, 0.717) is 11.3 Å². The number of hydrogen-bond donors (Lipinski definition) is 0. The van der Waals surface area contributed by atoms with Gasteiger partial charge in [-0.05, 0) is 28.7 Å². The summed E-state index contributed by atoms with van der Waals surface area (Å²) in [5.41, 5.74) is 1.91. The van der Waals surface area contributed by atoms with Gasteiger partial charge >= 0.3 is 0 Å². The fraction of sp³-hybridized carbons (Fsp3) is 0.667. The van der Waals surface area contributed by atoms with E-state index in [1.807, 2.05) is 6.07 Å². The summed E-state index contributed by atoms with van der Waals surface area (Å²) in [5.74, 6) is 2.24. The Morgan fingerprint density at radius 3 is 1.28 bits per heavy atom. The largest absolute Gasteiger partial charge is 0.0623 e. The number of hydrogen-bond acceptors (Lipinski definition) is 0. The highest BCUT2D eigenvalue weighted by Gasteiger charge is 2.25. The molecule has 0 amide bonds. The van der Waals surface area contributed by atoms with Crippen molar-refractivity contribution in [3.05, 3.63) is 35.9 Å². The van der Waals surface area contributed by atoms with Gasteiger partial charge in [-0.1, -0.05) is 85.7 Å². The van der Waals surface area contributed by atoms with Crippen molar-refractivity contribution < 1.29 is 0 Å².